The lowest BCUT2D eigenvalue weighted by molar-refractivity contribution is 0.776. The van der Waals surface area contributed by atoms with Crippen LogP contribution >= 0.6 is 32.4 Å². The molecular formula is C8H19Cl2P. The number of hydrogen-bond acceptors (Lipinski definition) is 0. The lowest BCUT2D eigenvalue weighted by atomic mass is 10.3. The van der Waals surface area contributed by atoms with Gasteiger partial charge in [0.15, 0.2) is 0 Å². The van der Waals surface area contributed by atoms with Crippen molar-refractivity contribution in [1.82, 2.24) is 0 Å². The van der Waals surface area contributed by atoms with Crippen LogP contribution in [0.25, 0.3) is 0 Å². The second-order valence-corrected chi connectivity index (χ2v) is 4.49. The molecular weight excluding hydrogens is 198 g/mol. The van der Waals surface area contributed by atoms with Gasteiger partial charge in [-0.3, -0.25) is 0 Å². The minimum absolute atomic E-state index is 0.273. The largest absolute Gasteiger partial charge is 0.127 e. The van der Waals surface area contributed by atoms with Crippen molar-refractivity contribution >= 4 is 32.4 Å². The summed E-state index contributed by atoms with van der Waals surface area (Å²) in [5, 5.41) is 0.273. The molecule has 0 aliphatic rings. The van der Waals surface area contributed by atoms with Crippen molar-refractivity contribution in [2.75, 3.05) is 5.88 Å². The summed E-state index contributed by atoms with van der Waals surface area (Å²) in [7, 11) is 2.50. The summed E-state index contributed by atoms with van der Waals surface area (Å²) < 4.78 is 0. The van der Waals surface area contributed by atoms with Crippen molar-refractivity contribution in [3.63, 3.8) is 0 Å². The first-order chi connectivity index (χ1) is 5.18. The number of hydrogen-bond donors (Lipinski definition) is 0. The molecule has 0 aliphatic heterocycles. The molecule has 0 rings (SSSR count). The zero-order valence-corrected chi connectivity index (χ0v) is 10.1. The van der Waals surface area contributed by atoms with Crippen LogP contribution in [0.2, 0.25) is 0 Å². The van der Waals surface area contributed by atoms with Gasteiger partial charge in [0.05, 0.1) is 0 Å². The average Bonchev–Trinajstić information content (AvgIpc) is 2.02. The number of unbranched alkanes of at least 4 members (excludes halogenated alkanes) is 2. The van der Waals surface area contributed by atoms with Gasteiger partial charge in [-0.25, -0.2) is 0 Å². The van der Waals surface area contributed by atoms with E-state index in [2.05, 4.69) is 16.2 Å². The maximum atomic E-state index is 5.43. The number of rotatable bonds is 4. The summed E-state index contributed by atoms with van der Waals surface area (Å²) in [5.74, 6) is 0.827. The fraction of sp³-hybridized carbons (Fsp3) is 1.00. The zero-order valence-electron chi connectivity index (χ0n) is 7.45. The van der Waals surface area contributed by atoms with Gasteiger partial charge >= 0.3 is 0 Å². The third-order valence-electron chi connectivity index (χ3n) is 1.13. The van der Waals surface area contributed by atoms with Gasteiger partial charge in [0.2, 0.25) is 0 Å². The smallest absolute Gasteiger partial charge is 0.0473 e. The van der Waals surface area contributed by atoms with E-state index in [-0.39, 0.29) is 5.12 Å². The van der Waals surface area contributed by atoms with E-state index in [4.69, 9.17) is 23.2 Å². The summed E-state index contributed by atoms with van der Waals surface area (Å²) in [4.78, 5) is 0. The van der Waals surface area contributed by atoms with Gasteiger partial charge in [0.25, 0.3) is 0 Å². The highest BCUT2D eigenvalue weighted by Gasteiger charge is 1.83. The Hall–Kier alpha value is 1.01. The first kappa shape index (κ1) is 14.5. The van der Waals surface area contributed by atoms with Gasteiger partial charge < -0.3 is 0 Å². The molecule has 3 heteroatoms. The second-order valence-electron chi connectivity index (χ2n) is 2.32. The molecule has 0 aromatic heterocycles. The molecule has 0 heterocycles. The SMILES string of the molecule is CCC(P)Cl.CCCCCCl. The van der Waals surface area contributed by atoms with E-state index in [9.17, 15) is 0 Å². The lowest BCUT2D eigenvalue weighted by Crippen LogP contribution is -1.74. The summed E-state index contributed by atoms with van der Waals surface area (Å²) in [5.41, 5.74) is 0. The standard InChI is InChI=1S/C5H11Cl.C3H8ClP/c1-2-3-4-5-6;1-2-3(4)5/h2-5H2,1H3;3H,2,5H2,1H3. The Labute approximate surface area is 83.2 Å². The second kappa shape index (κ2) is 13.6. The van der Waals surface area contributed by atoms with Gasteiger partial charge in [0.1, 0.15) is 0 Å². The third kappa shape index (κ3) is 24.7. The van der Waals surface area contributed by atoms with Crippen LogP contribution in [-0.4, -0.2) is 11.0 Å². The monoisotopic (exact) mass is 216 g/mol. The topological polar surface area (TPSA) is 0 Å². The van der Waals surface area contributed by atoms with Gasteiger partial charge in [-0.2, -0.15) is 0 Å². The summed E-state index contributed by atoms with van der Waals surface area (Å²) in [6.07, 6.45) is 4.76. The van der Waals surface area contributed by atoms with Crippen LogP contribution in [0.5, 0.6) is 0 Å². The van der Waals surface area contributed by atoms with Crippen molar-refractivity contribution in [1.29, 1.82) is 0 Å². The van der Waals surface area contributed by atoms with E-state index >= 15 is 0 Å². The normalized spacial score (nSPS) is 11.7. The summed E-state index contributed by atoms with van der Waals surface area (Å²) >= 11 is 10.8. The van der Waals surface area contributed by atoms with Crippen molar-refractivity contribution in [2.45, 2.75) is 44.6 Å². The first-order valence-corrected chi connectivity index (χ1v) is 5.78. The van der Waals surface area contributed by atoms with Gasteiger partial charge in [-0.15, -0.1) is 32.4 Å². The third-order valence-corrected chi connectivity index (χ3v) is 2.17. The molecule has 0 saturated carbocycles. The van der Waals surface area contributed by atoms with Crippen LogP contribution in [0.15, 0.2) is 0 Å². The average molecular weight is 217 g/mol. The quantitative estimate of drug-likeness (QED) is 0.375. The van der Waals surface area contributed by atoms with Crippen molar-refractivity contribution in [3.8, 4) is 0 Å². The van der Waals surface area contributed by atoms with E-state index in [0.717, 1.165) is 12.3 Å². The summed E-state index contributed by atoms with van der Waals surface area (Å²) in [6.45, 7) is 4.22. The van der Waals surface area contributed by atoms with Gasteiger partial charge in [0, 0.05) is 11.0 Å². The van der Waals surface area contributed by atoms with Crippen molar-refractivity contribution in [3.05, 3.63) is 0 Å². The highest BCUT2D eigenvalue weighted by atomic mass is 35.5. The van der Waals surface area contributed by atoms with Crippen LogP contribution < -0.4 is 0 Å². The van der Waals surface area contributed by atoms with Crippen LogP contribution in [-0.2, 0) is 0 Å². The molecule has 2 atom stereocenters. The molecule has 0 amide bonds. The highest BCUT2D eigenvalue weighted by Crippen LogP contribution is 2.07. The molecule has 0 N–H and O–H groups in total. The lowest BCUT2D eigenvalue weighted by Gasteiger charge is -1.87. The van der Waals surface area contributed by atoms with E-state index < -0.39 is 0 Å². The fourth-order valence-corrected chi connectivity index (χ4v) is 0.533. The molecule has 0 aliphatic carbocycles. The van der Waals surface area contributed by atoms with Gasteiger partial charge in [-0.05, 0) is 12.8 Å². The maximum Gasteiger partial charge on any atom is 0.0473 e. The van der Waals surface area contributed by atoms with E-state index in [1.165, 1.54) is 19.3 Å². The molecule has 0 nitrogen and oxygen atoms in total. The molecule has 11 heavy (non-hydrogen) atoms. The predicted octanol–water partition coefficient (Wildman–Crippen LogP) is 4.25. The Morgan fingerprint density at radius 1 is 1.27 bits per heavy atom. The molecule has 0 spiro atoms. The van der Waals surface area contributed by atoms with Crippen LogP contribution in [0.1, 0.15) is 39.5 Å². The fourth-order valence-electron chi connectivity index (χ4n) is 0.344. The first-order valence-electron chi connectivity index (χ1n) is 4.14. The Kier molecular flexibility index (Phi) is 17.9. The van der Waals surface area contributed by atoms with E-state index in [1.807, 2.05) is 6.92 Å². The Morgan fingerprint density at radius 3 is 1.82 bits per heavy atom. The van der Waals surface area contributed by atoms with Crippen molar-refractivity contribution < 1.29 is 0 Å². The van der Waals surface area contributed by atoms with E-state index in [0.29, 0.717) is 0 Å². The molecule has 0 aromatic carbocycles. The van der Waals surface area contributed by atoms with Crippen LogP contribution in [0.3, 0.4) is 0 Å². The molecule has 0 fully saturated rings. The maximum absolute atomic E-state index is 5.43. The molecule has 0 bridgehead atoms. The Bertz CT molecular complexity index is 54.1. The van der Waals surface area contributed by atoms with Crippen LogP contribution in [0, 0.1) is 0 Å². The van der Waals surface area contributed by atoms with Crippen LogP contribution in [0.4, 0.5) is 0 Å². The Balaban J connectivity index is 0. The molecule has 70 valence electrons. The zero-order chi connectivity index (χ0) is 9.11. The van der Waals surface area contributed by atoms with Gasteiger partial charge in [-0.1, -0.05) is 26.7 Å². The minimum Gasteiger partial charge on any atom is -0.127 e. The van der Waals surface area contributed by atoms with Crippen molar-refractivity contribution in [2.24, 2.45) is 0 Å². The number of halogens is 2. The number of alkyl halides is 2. The highest BCUT2D eigenvalue weighted by molar-refractivity contribution is 7.21. The molecule has 0 saturated heterocycles. The molecule has 2 unspecified atom stereocenters. The summed E-state index contributed by atoms with van der Waals surface area (Å²) in [6, 6.07) is 0. The molecule has 0 aromatic rings. The van der Waals surface area contributed by atoms with E-state index in [1.54, 1.807) is 0 Å². The Morgan fingerprint density at radius 2 is 1.73 bits per heavy atom. The predicted molar refractivity (Wildman–Crippen MR) is 59.9 cm³/mol. The minimum atomic E-state index is 0.273. The molecule has 0 radical (unpaired) electrons.